The van der Waals surface area contributed by atoms with Gasteiger partial charge in [-0.15, -0.1) is 0 Å². The van der Waals surface area contributed by atoms with Crippen LogP contribution in [0.3, 0.4) is 0 Å². The summed E-state index contributed by atoms with van der Waals surface area (Å²) in [4.78, 5) is 25.1. The normalized spacial score (nSPS) is 14.5. The number of amides is 2. The molecule has 0 atom stereocenters. The van der Waals surface area contributed by atoms with Crippen LogP contribution in [0, 0.1) is 0 Å². The molecule has 2 aromatic rings. The molecule has 4 nitrogen and oxygen atoms in total. The number of halogens is 2. The third kappa shape index (κ3) is 5.49. The van der Waals surface area contributed by atoms with E-state index in [4.69, 9.17) is 23.2 Å². The second-order valence-corrected chi connectivity index (χ2v) is 7.92. The highest BCUT2D eigenvalue weighted by molar-refractivity contribution is 6.36. The zero-order valence-corrected chi connectivity index (χ0v) is 17.2. The van der Waals surface area contributed by atoms with Gasteiger partial charge >= 0.3 is 0 Å². The van der Waals surface area contributed by atoms with Crippen molar-refractivity contribution in [3.05, 3.63) is 63.6 Å². The minimum atomic E-state index is -0.186. The Morgan fingerprint density at radius 2 is 1.61 bits per heavy atom. The van der Waals surface area contributed by atoms with E-state index < -0.39 is 0 Å². The predicted molar refractivity (Wildman–Crippen MR) is 114 cm³/mol. The second-order valence-electron chi connectivity index (χ2n) is 7.10. The van der Waals surface area contributed by atoms with E-state index in [1.807, 2.05) is 0 Å². The van der Waals surface area contributed by atoms with Gasteiger partial charge in [0.2, 0.25) is 5.91 Å². The predicted octanol–water partition coefficient (Wildman–Crippen LogP) is 5.63. The minimum Gasteiger partial charge on any atom is -0.349 e. The molecule has 28 heavy (non-hydrogen) atoms. The van der Waals surface area contributed by atoms with E-state index in [1.54, 1.807) is 42.5 Å². The van der Waals surface area contributed by atoms with Gasteiger partial charge in [-0.3, -0.25) is 9.59 Å². The molecule has 0 unspecified atom stereocenters. The van der Waals surface area contributed by atoms with Crippen LogP contribution in [0.25, 0.3) is 0 Å². The Morgan fingerprint density at radius 3 is 2.32 bits per heavy atom. The Hall–Kier alpha value is -2.04. The van der Waals surface area contributed by atoms with Crippen LogP contribution in [0.15, 0.2) is 42.5 Å². The topological polar surface area (TPSA) is 58.2 Å². The monoisotopic (exact) mass is 418 g/mol. The van der Waals surface area contributed by atoms with Crippen molar-refractivity contribution < 1.29 is 9.59 Å². The van der Waals surface area contributed by atoms with Gasteiger partial charge in [0, 0.05) is 22.5 Å². The molecular weight excluding hydrogens is 395 g/mol. The van der Waals surface area contributed by atoms with Crippen LogP contribution in [0.1, 0.15) is 54.4 Å². The zero-order valence-electron chi connectivity index (χ0n) is 15.6. The lowest BCUT2D eigenvalue weighted by atomic mass is 9.95. The van der Waals surface area contributed by atoms with Gasteiger partial charge < -0.3 is 10.6 Å². The van der Waals surface area contributed by atoms with E-state index in [0.717, 1.165) is 31.2 Å². The molecule has 1 saturated carbocycles. The Balaban J connectivity index is 1.62. The lowest BCUT2D eigenvalue weighted by molar-refractivity contribution is -0.116. The number of rotatable bonds is 6. The molecule has 6 heteroatoms. The lowest BCUT2D eigenvalue weighted by Crippen LogP contribution is -2.36. The number of hydrogen-bond donors (Lipinski definition) is 2. The third-order valence-corrected chi connectivity index (χ3v) is 5.76. The molecule has 0 spiro atoms. The molecule has 1 fully saturated rings. The molecule has 0 bridgehead atoms. The van der Waals surface area contributed by atoms with Crippen LogP contribution >= 0.6 is 23.2 Å². The van der Waals surface area contributed by atoms with Crippen molar-refractivity contribution in [2.45, 2.75) is 51.0 Å². The first kappa shape index (κ1) is 20.7. The van der Waals surface area contributed by atoms with E-state index in [0.29, 0.717) is 27.7 Å². The van der Waals surface area contributed by atoms with Crippen LogP contribution in [-0.4, -0.2) is 17.9 Å². The molecule has 0 radical (unpaired) electrons. The Bertz CT molecular complexity index is 828. The summed E-state index contributed by atoms with van der Waals surface area (Å²) in [6.45, 7) is 0. The summed E-state index contributed by atoms with van der Waals surface area (Å²) in [7, 11) is 0. The first-order valence-corrected chi connectivity index (χ1v) is 10.4. The smallest absolute Gasteiger partial charge is 0.253 e. The average Bonchev–Trinajstić information content (AvgIpc) is 2.69. The maximum Gasteiger partial charge on any atom is 0.253 e. The Labute approximate surface area is 175 Å². The highest BCUT2D eigenvalue weighted by Crippen LogP contribution is 2.26. The number of carbonyl (C=O) groups is 2. The third-order valence-electron chi connectivity index (χ3n) is 5.05. The fourth-order valence-electron chi connectivity index (χ4n) is 3.52. The van der Waals surface area contributed by atoms with Gasteiger partial charge in [-0.1, -0.05) is 60.7 Å². The summed E-state index contributed by atoms with van der Waals surface area (Å²) < 4.78 is 0. The number of para-hydroxylation sites is 1. The van der Waals surface area contributed by atoms with Crippen molar-refractivity contribution in [1.82, 2.24) is 5.32 Å². The van der Waals surface area contributed by atoms with Gasteiger partial charge in [0.1, 0.15) is 0 Å². The van der Waals surface area contributed by atoms with Gasteiger partial charge in [-0.25, -0.2) is 0 Å². The van der Waals surface area contributed by atoms with Crippen molar-refractivity contribution in [1.29, 1.82) is 0 Å². The van der Waals surface area contributed by atoms with Gasteiger partial charge in [0.25, 0.3) is 5.91 Å². The number of carbonyl (C=O) groups excluding carboxylic acids is 2. The first-order valence-electron chi connectivity index (χ1n) is 9.67. The molecule has 2 amide bonds. The maximum atomic E-state index is 12.7. The van der Waals surface area contributed by atoms with Gasteiger partial charge in [-0.2, -0.15) is 0 Å². The van der Waals surface area contributed by atoms with Crippen molar-refractivity contribution in [2.75, 3.05) is 5.32 Å². The lowest BCUT2D eigenvalue weighted by Gasteiger charge is -2.23. The molecule has 2 aromatic carbocycles. The van der Waals surface area contributed by atoms with Gasteiger partial charge in [-0.05, 0) is 49.1 Å². The summed E-state index contributed by atoms with van der Waals surface area (Å²) in [6, 6.07) is 12.6. The van der Waals surface area contributed by atoms with E-state index in [-0.39, 0.29) is 24.3 Å². The van der Waals surface area contributed by atoms with E-state index in [2.05, 4.69) is 10.6 Å². The number of benzene rings is 2. The van der Waals surface area contributed by atoms with Crippen LogP contribution in [0.4, 0.5) is 5.69 Å². The quantitative estimate of drug-likeness (QED) is 0.638. The first-order chi connectivity index (χ1) is 13.5. The second kappa shape index (κ2) is 9.94. The number of anilines is 1. The molecule has 0 saturated heterocycles. The molecule has 2 N–H and O–H groups in total. The summed E-state index contributed by atoms with van der Waals surface area (Å²) in [6.07, 6.45) is 6.21. The largest absolute Gasteiger partial charge is 0.349 e. The van der Waals surface area contributed by atoms with Gasteiger partial charge in [0.05, 0.1) is 11.3 Å². The average molecular weight is 419 g/mol. The van der Waals surface area contributed by atoms with E-state index >= 15 is 0 Å². The highest BCUT2D eigenvalue weighted by Gasteiger charge is 2.19. The highest BCUT2D eigenvalue weighted by atomic mass is 35.5. The summed E-state index contributed by atoms with van der Waals surface area (Å²) in [5.74, 6) is -0.328. The Morgan fingerprint density at radius 1 is 0.929 bits per heavy atom. The van der Waals surface area contributed by atoms with E-state index in [9.17, 15) is 9.59 Å². The number of nitrogens with one attached hydrogen (secondary N) is 2. The molecule has 3 rings (SSSR count). The SMILES string of the molecule is O=C(CCc1c(Cl)cccc1Cl)Nc1ccccc1C(=O)NC1CCCCC1. The standard InChI is InChI=1S/C22H24Cl2N2O2/c23-18-10-6-11-19(24)16(18)13-14-21(27)26-20-12-5-4-9-17(20)22(28)25-15-7-2-1-3-8-15/h4-6,9-12,15H,1-3,7-8,13-14H2,(H,25,28)(H,26,27). The van der Waals surface area contributed by atoms with Gasteiger partial charge in [0.15, 0.2) is 0 Å². The summed E-state index contributed by atoms with van der Waals surface area (Å²) in [5, 5.41) is 7.05. The van der Waals surface area contributed by atoms with E-state index in [1.165, 1.54) is 6.42 Å². The Kier molecular flexibility index (Phi) is 7.35. The zero-order chi connectivity index (χ0) is 19.9. The van der Waals surface area contributed by atoms with Crippen LogP contribution < -0.4 is 10.6 Å². The van der Waals surface area contributed by atoms with Crippen molar-refractivity contribution >= 4 is 40.7 Å². The molecule has 0 aromatic heterocycles. The van der Waals surface area contributed by atoms with Crippen LogP contribution in [-0.2, 0) is 11.2 Å². The molecule has 1 aliphatic carbocycles. The molecule has 0 heterocycles. The fourth-order valence-corrected chi connectivity index (χ4v) is 4.11. The molecule has 1 aliphatic rings. The van der Waals surface area contributed by atoms with Crippen LogP contribution in [0.2, 0.25) is 10.0 Å². The van der Waals surface area contributed by atoms with Crippen molar-refractivity contribution in [3.8, 4) is 0 Å². The minimum absolute atomic E-state index is 0.142. The summed E-state index contributed by atoms with van der Waals surface area (Å²) >= 11 is 12.3. The van der Waals surface area contributed by atoms with Crippen LogP contribution in [0.5, 0.6) is 0 Å². The fraction of sp³-hybridized carbons (Fsp3) is 0.364. The van der Waals surface area contributed by atoms with Crippen molar-refractivity contribution in [3.63, 3.8) is 0 Å². The van der Waals surface area contributed by atoms with Crippen molar-refractivity contribution in [2.24, 2.45) is 0 Å². The molecule has 0 aliphatic heterocycles. The summed E-state index contributed by atoms with van der Waals surface area (Å²) in [5.41, 5.74) is 1.76. The maximum absolute atomic E-state index is 12.7. The molecular formula is C22H24Cl2N2O2. The molecule has 148 valence electrons. The number of hydrogen-bond acceptors (Lipinski definition) is 2.